The van der Waals surface area contributed by atoms with Crippen molar-refractivity contribution in [1.82, 2.24) is 19.7 Å². The topological polar surface area (TPSA) is 63.8 Å². The van der Waals surface area contributed by atoms with Gasteiger partial charge in [0.25, 0.3) is 5.95 Å². The Labute approximate surface area is 99.9 Å². The Hall–Kier alpha value is -1.96. The summed E-state index contributed by atoms with van der Waals surface area (Å²) in [6, 6.07) is 0. The molecular formula is C10H9F3N4O. The molecule has 0 saturated heterocycles. The second-order valence-corrected chi connectivity index (χ2v) is 3.61. The number of nitrogens with zero attached hydrogens (tertiary/aromatic N) is 4. The highest BCUT2D eigenvalue weighted by atomic mass is 19.4. The third-order valence-corrected chi connectivity index (χ3v) is 2.35. The fourth-order valence-electron chi connectivity index (χ4n) is 1.32. The van der Waals surface area contributed by atoms with Crippen LogP contribution in [0.15, 0.2) is 18.6 Å². The number of rotatable bonds is 2. The van der Waals surface area contributed by atoms with Crippen LogP contribution in [-0.2, 0) is 12.8 Å². The minimum atomic E-state index is -4.45. The summed E-state index contributed by atoms with van der Waals surface area (Å²) in [4.78, 5) is 7.81. The maximum absolute atomic E-state index is 12.4. The van der Waals surface area contributed by atoms with E-state index in [1.165, 1.54) is 6.20 Å². The summed E-state index contributed by atoms with van der Waals surface area (Å²) >= 11 is 0. The number of aliphatic hydroxyl groups is 1. The predicted molar refractivity (Wildman–Crippen MR) is 54.8 cm³/mol. The number of aromatic nitrogens is 4. The summed E-state index contributed by atoms with van der Waals surface area (Å²) in [6.45, 7) is 1.41. The van der Waals surface area contributed by atoms with Crippen LogP contribution in [0, 0.1) is 6.92 Å². The van der Waals surface area contributed by atoms with E-state index in [4.69, 9.17) is 5.11 Å². The summed E-state index contributed by atoms with van der Waals surface area (Å²) in [5, 5.41) is 12.5. The van der Waals surface area contributed by atoms with Crippen molar-refractivity contribution in [3.8, 4) is 5.95 Å². The monoisotopic (exact) mass is 258 g/mol. The summed E-state index contributed by atoms with van der Waals surface area (Å²) in [5.74, 6) is 0.0280. The lowest BCUT2D eigenvalue weighted by Gasteiger charge is -2.04. The first-order valence-electron chi connectivity index (χ1n) is 4.97. The molecule has 2 aromatic rings. The molecule has 0 aliphatic rings. The minimum Gasteiger partial charge on any atom is -0.392 e. The predicted octanol–water partition coefficient (Wildman–Crippen LogP) is 1.48. The van der Waals surface area contributed by atoms with E-state index in [0.717, 1.165) is 10.9 Å². The van der Waals surface area contributed by atoms with Gasteiger partial charge in [0.05, 0.1) is 18.4 Å². The van der Waals surface area contributed by atoms with Crippen molar-refractivity contribution >= 4 is 0 Å². The number of hydrogen-bond donors (Lipinski definition) is 1. The van der Waals surface area contributed by atoms with Crippen LogP contribution in [0.4, 0.5) is 13.2 Å². The molecule has 8 heteroatoms. The molecule has 2 heterocycles. The second-order valence-electron chi connectivity index (χ2n) is 3.61. The Morgan fingerprint density at radius 2 is 2.06 bits per heavy atom. The van der Waals surface area contributed by atoms with E-state index in [1.807, 2.05) is 0 Å². The van der Waals surface area contributed by atoms with Gasteiger partial charge in [0.15, 0.2) is 0 Å². The first kappa shape index (κ1) is 12.5. The van der Waals surface area contributed by atoms with Crippen LogP contribution in [0.2, 0.25) is 0 Å². The zero-order valence-corrected chi connectivity index (χ0v) is 9.31. The SMILES string of the molecule is Cc1nc(-n2cc(C(F)(F)F)cn2)ncc1CO. The number of aliphatic hydroxyl groups excluding tert-OH is 1. The van der Waals surface area contributed by atoms with Gasteiger partial charge in [-0.15, -0.1) is 0 Å². The maximum atomic E-state index is 12.4. The van der Waals surface area contributed by atoms with Gasteiger partial charge in [-0.3, -0.25) is 0 Å². The Morgan fingerprint density at radius 3 is 2.56 bits per heavy atom. The molecule has 18 heavy (non-hydrogen) atoms. The van der Waals surface area contributed by atoms with E-state index >= 15 is 0 Å². The van der Waals surface area contributed by atoms with Gasteiger partial charge in [-0.2, -0.15) is 18.3 Å². The minimum absolute atomic E-state index is 0.0280. The molecule has 1 N–H and O–H groups in total. The van der Waals surface area contributed by atoms with Crippen LogP contribution in [0.25, 0.3) is 5.95 Å². The Morgan fingerprint density at radius 1 is 1.33 bits per heavy atom. The zero-order chi connectivity index (χ0) is 13.3. The summed E-state index contributed by atoms with van der Waals surface area (Å²) < 4.78 is 38.1. The quantitative estimate of drug-likeness (QED) is 0.886. The molecular weight excluding hydrogens is 249 g/mol. The van der Waals surface area contributed by atoms with Gasteiger partial charge < -0.3 is 5.11 Å². The number of hydrogen-bond acceptors (Lipinski definition) is 4. The molecule has 2 rings (SSSR count). The van der Waals surface area contributed by atoms with Crippen LogP contribution in [0.3, 0.4) is 0 Å². The van der Waals surface area contributed by atoms with Crippen molar-refractivity contribution < 1.29 is 18.3 Å². The molecule has 0 aromatic carbocycles. The third-order valence-electron chi connectivity index (χ3n) is 2.35. The molecule has 0 aliphatic heterocycles. The van der Waals surface area contributed by atoms with Crippen molar-refractivity contribution in [3.63, 3.8) is 0 Å². The van der Waals surface area contributed by atoms with Crippen LogP contribution in [0.5, 0.6) is 0 Å². The Kier molecular flexibility index (Phi) is 3.04. The zero-order valence-electron chi connectivity index (χ0n) is 9.31. The van der Waals surface area contributed by atoms with Crippen molar-refractivity contribution in [2.75, 3.05) is 0 Å². The standard InChI is InChI=1S/C10H9F3N4O/c1-6-7(5-18)2-14-9(16-6)17-4-8(3-15-17)10(11,12)13/h2-4,18H,5H2,1H3. The molecule has 5 nitrogen and oxygen atoms in total. The summed E-state index contributed by atoms with van der Waals surface area (Å²) in [5.41, 5.74) is 0.142. The second kappa shape index (κ2) is 4.37. The van der Waals surface area contributed by atoms with Crippen molar-refractivity contribution in [1.29, 1.82) is 0 Å². The number of aryl methyl sites for hydroxylation is 1. The van der Waals surface area contributed by atoms with Crippen molar-refractivity contribution in [2.24, 2.45) is 0 Å². The molecule has 2 aromatic heterocycles. The molecule has 0 radical (unpaired) electrons. The van der Waals surface area contributed by atoms with Gasteiger partial charge in [0, 0.05) is 23.7 Å². The van der Waals surface area contributed by atoms with E-state index in [2.05, 4.69) is 15.1 Å². The Balaban J connectivity index is 2.38. The summed E-state index contributed by atoms with van der Waals surface area (Å²) in [7, 11) is 0. The molecule has 0 spiro atoms. The average Bonchev–Trinajstić information content (AvgIpc) is 2.77. The number of alkyl halides is 3. The first-order valence-corrected chi connectivity index (χ1v) is 4.97. The largest absolute Gasteiger partial charge is 0.419 e. The van der Waals surface area contributed by atoms with Gasteiger partial charge in [0.1, 0.15) is 0 Å². The normalized spacial score (nSPS) is 11.8. The number of halogens is 3. The van der Waals surface area contributed by atoms with Gasteiger partial charge in [-0.25, -0.2) is 14.6 Å². The third kappa shape index (κ3) is 2.33. The van der Waals surface area contributed by atoms with Crippen molar-refractivity contribution in [3.05, 3.63) is 35.4 Å². The van der Waals surface area contributed by atoms with Gasteiger partial charge in [-0.05, 0) is 6.92 Å². The van der Waals surface area contributed by atoms with Crippen LogP contribution in [-0.4, -0.2) is 24.9 Å². The lowest BCUT2D eigenvalue weighted by Crippen LogP contribution is -2.06. The van der Waals surface area contributed by atoms with E-state index in [1.54, 1.807) is 6.92 Å². The molecule has 0 amide bonds. The molecule has 0 saturated carbocycles. The van der Waals surface area contributed by atoms with E-state index < -0.39 is 11.7 Å². The van der Waals surface area contributed by atoms with Gasteiger partial charge >= 0.3 is 6.18 Å². The molecule has 0 atom stereocenters. The van der Waals surface area contributed by atoms with E-state index in [-0.39, 0.29) is 12.6 Å². The highest BCUT2D eigenvalue weighted by Crippen LogP contribution is 2.28. The smallest absolute Gasteiger partial charge is 0.392 e. The molecule has 0 unspecified atom stereocenters. The molecule has 0 bridgehead atoms. The maximum Gasteiger partial charge on any atom is 0.419 e. The molecule has 0 aliphatic carbocycles. The van der Waals surface area contributed by atoms with E-state index in [9.17, 15) is 13.2 Å². The highest BCUT2D eigenvalue weighted by Gasteiger charge is 2.32. The first-order chi connectivity index (χ1) is 8.41. The van der Waals surface area contributed by atoms with Crippen LogP contribution >= 0.6 is 0 Å². The summed E-state index contributed by atoms with van der Waals surface area (Å²) in [6.07, 6.45) is -1.57. The van der Waals surface area contributed by atoms with E-state index in [0.29, 0.717) is 17.5 Å². The molecule has 96 valence electrons. The fourth-order valence-corrected chi connectivity index (χ4v) is 1.32. The average molecular weight is 258 g/mol. The molecule has 0 fully saturated rings. The fraction of sp³-hybridized carbons (Fsp3) is 0.300. The van der Waals surface area contributed by atoms with Gasteiger partial charge in [0.2, 0.25) is 0 Å². The lowest BCUT2D eigenvalue weighted by atomic mass is 10.3. The highest BCUT2D eigenvalue weighted by molar-refractivity contribution is 5.22. The van der Waals surface area contributed by atoms with Crippen LogP contribution < -0.4 is 0 Å². The van der Waals surface area contributed by atoms with Gasteiger partial charge in [-0.1, -0.05) is 0 Å². The lowest BCUT2D eigenvalue weighted by molar-refractivity contribution is -0.137. The van der Waals surface area contributed by atoms with Crippen molar-refractivity contribution in [2.45, 2.75) is 19.7 Å². The Bertz CT molecular complexity index is 564. The van der Waals surface area contributed by atoms with Crippen LogP contribution in [0.1, 0.15) is 16.8 Å².